The number of rotatable bonds is 4. The molecule has 0 aromatic carbocycles. The molecule has 3 nitrogen and oxygen atoms in total. The first kappa shape index (κ1) is 11.9. The maximum Gasteiger partial charge on any atom is 0.193 e. The van der Waals surface area contributed by atoms with Gasteiger partial charge in [0.25, 0.3) is 0 Å². The van der Waals surface area contributed by atoms with Crippen molar-refractivity contribution < 1.29 is 9.53 Å². The highest BCUT2D eigenvalue weighted by atomic mass is 16.5. The zero-order valence-electron chi connectivity index (χ0n) is 9.65. The van der Waals surface area contributed by atoms with Crippen LogP contribution in [0.25, 0.3) is 0 Å². The first-order chi connectivity index (χ1) is 7.06. The van der Waals surface area contributed by atoms with Crippen LogP contribution in [-0.2, 0) is 4.74 Å². The number of aryl methyl sites for hydroxylation is 1. The fraction of sp³-hybridized carbons (Fsp3) is 0.500. The summed E-state index contributed by atoms with van der Waals surface area (Å²) in [6.07, 6.45) is 2.94. The van der Waals surface area contributed by atoms with Gasteiger partial charge in [0.2, 0.25) is 0 Å². The molecule has 3 heteroatoms. The third-order valence-electron chi connectivity index (χ3n) is 2.28. The second-order valence-electron chi connectivity index (χ2n) is 4.02. The minimum absolute atomic E-state index is 0.00343. The molecule has 0 saturated heterocycles. The Bertz CT molecular complexity index is 347. The molecule has 0 saturated carbocycles. The molecule has 0 aliphatic carbocycles. The highest BCUT2D eigenvalue weighted by molar-refractivity contribution is 5.99. The van der Waals surface area contributed by atoms with Crippen molar-refractivity contribution in [3.63, 3.8) is 0 Å². The summed E-state index contributed by atoms with van der Waals surface area (Å²) in [7, 11) is 1.56. The van der Waals surface area contributed by atoms with Gasteiger partial charge in [-0.1, -0.05) is 13.8 Å². The van der Waals surface area contributed by atoms with Crippen molar-refractivity contribution >= 4 is 5.78 Å². The Labute approximate surface area is 90.5 Å². The van der Waals surface area contributed by atoms with E-state index < -0.39 is 0 Å². The first-order valence-corrected chi connectivity index (χ1v) is 5.05. The van der Waals surface area contributed by atoms with Crippen LogP contribution in [0.2, 0.25) is 0 Å². The predicted octanol–water partition coefficient (Wildman–Crippen LogP) is 2.24. The summed E-state index contributed by atoms with van der Waals surface area (Å²) in [5.74, 6) is 0.173. The van der Waals surface area contributed by atoms with Crippen LogP contribution in [0.5, 0.6) is 0 Å². The molecule has 15 heavy (non-hydrogen) atoms. The number of ether oxygens (including phenoxy) is 1. The van der Waals surface area contributed by atoms with Gasteiger partial charge in [0.05, 0.1) is 0 Å². The molecule has 0 fully saturated rings. The minimum atomic E-state index is -0.381. The average Bonchev–Trinajstić information content (AvgIpc) is 2.18. The molecular formula is C12H17NO2. The van der Waals surface area contributed by atoms with Crippen molar-refractivity contribution in [2.24, 2.45) is 5.92 Å². The average molecular weight is 207 g/mol. The van der Waals surface area contributed by atoms with Crippen LogP contribution in [0.3, 0.4) is 0 Å². The maximum atomic E-state index is 12.0. The van der Waals surface area contributed by atoms with Gasteiger partial charge >= 0.3 is 0 Å². The van der Waals surface area contributed by atoms with E-state index in [1.807, 2.05) is 26.8 Å². The molecular weight excluding hydrogens is 190 g/mol. The number of carbonyl (C=O) groups excluding carboxylic acids is 1. The highest BCUT2D eigenvalue weighted by Crippen LogP contribution is 2.13. The molecule has 0 radical (unpaired) electrons. The molecule has 1 heterocycles. The molecule has 1 atom stereocenters. The Morgan fingerprint density at radius 2 is 2.07 bits per heavy atom. The Morgan fingerprint density at radius 1 is 1.40 bits per heavy atom. The zero-order valence-corrected chi connectivity index (χ0v) is 9.65. The maximum absolute atomic E-state index is 12.0. The van der Waals surface area contributed by atoms with Crippen molar-refractivity contribution in [1.29, 1.82) is 0 Å². The lowest BCUT2D eigenvalue weighted by atomic mass is 9.98. The summed E-state index contributed by atoms with van der Waals surface area (Å²) in [5, 5.41) is 0. The SMILES string of the molecule is COC(C(=O)c1cncc(C)c1)C(C)C. The smallest absolute Gasteiger partial charge is 0.193 e. The lowest BCUT2D eigenvalue weighted by Gasteiger charge is -2.17. The fourth-order valence-electron chi connectivity index (χ4n) is 1.54. The van der Waals surface area contributed by atoms with Gasteiger partial charge in [0, 0.05) is 25.1 Å². The van der Waals surface area contributed by atoms with Crippen LogP contribution in [0.4, 0.5) is 0 Å². The largest absolute Gasteiger partial charge is 0.373 e. The molecule has 82 valence electrons. The summed E-state index contributed by atoms with van der Waals surface area (Å²) in [6.45, 7) is 5.85. The number of aromatic nitrogens is 1. The Hall–Kier alpha value is -1.22. The lowest BCUT2D eigenvalue weighted by molar-refractivity contribution is 0.0458. The Kier molecular flexibility index (Phi) is 3.97. The lowest BCUT2D eigenvalue weighted by Crippen LogP contribution is -2.28. The molecule has 0 amide bonds. The van der Waals surface area contributed by atoms with E-state index >= 15 is 0 Å². The van der Waals surface area contributed by atoms with Crippen LogP contribution in [-0.4, -0.2) is 24.0 Å². The van der Waals surface area contributed by atoms with Gasteiger partial charge in [-0.05, 0) is 24.5 Å². The van der Waals surface area contributed by atoms with E-state index in [1.54, 1.807) is 19.5 Å². The fourth-order valence-corrected chi connectivity index (χ4v) is 1.54. The number of Topliss-reactive ketones (excluding diaryl/α,β-unsaturated/α-hetero) is 1. The topological polar surface area (TPSA) is 39.2 Å². The summed E-state index contributed by atoms with van der Waals surface area (Å²) in [6, 6.07) is 1.84. The van der Waals surface area contributed by atoms with Gasteiger partial charge in [0.1, 0.15) is 6.10 Å². The van der Waals surface area contributed by atoms with Crippen LogP contribution >= 0.6 is 0 Å². The van der Waals surface area contributed by atoms with Gasteiger partial charge < -0.3 is 4.74 Å². The van der Waals surface area contributed by atoms with Crippen molar-refractivity contribution in [1.82, 2.24) is 4.98 Å². The molecule has 0 bridgehead atoms. The number of carbonyl (C=O) groups is 1. The summed E-state index contributed by atoms with van der Waals surface area (Å²) in [4.78, 5) is 16.0. The molecule has 0 N–H and O–H groups in total. The third-order valence-corrected chi connectivity index (χ3v) is 2.28. The quantitative estimate of drug-likeness (QED) is 0.711. The first-order valence-electron chi connectivity index (χ1n) is 5.05. The summed E-state index contributed by atoms with van der Waals surface area (Å²) >= 11 is 0. The number of methoxy groups -OCH3 is 1. The van der Waals surface area contributed by atoms with E-state index in [2.05, 4.69) is 4.98 Å². The van der Waals surface area contributed by atoms with E-state index in [1.165, 1.54) is 0 Å². The zero-order chi connectivity index (χ0) is 11.4. The molecule has 0 aliphatic heterocycles. The predicted molar refractivity (Wildman–Crippen MR) is 58.9 cm³/mol. The van der Waals surface area contributed by atoms with Gasteiger partial charge in [-0.15, -0.1) is 0 Å². The number of hydrogen-bond donors (Lipinski definition) is 0. The Balaban J connectivity index is 2.93. The highest BCUT2D eigenvalue weighted by Gasteiger charge is 2.23. The van der Waals surface area contributed by atoms with E-state index in [0.29, 0.717) is 5.56 Å². The summed E-state index contributed by atoms with van der Waals surface area (Å²) < 4.78 is 5.19. The van der Waals surface area contributed by atoms with E-state index in [9.17, 15) is 4.79 Å². The van der Waals surface area contributed by atoms with Crippen LogP contribution in [0, 0.1) is 12.8 Å². The minimum Gasteiger partial charge on any atom is -0.373 e. The standard InChI is InChI=1S/C12H17NO2/c1-8(2)12(15-4)11(14)10-5-9(3)6-13-7-10/h5-8,12H,1-4H3. The van der Waals surface area contributed by atoms with Crippen LogP contribution in [0.1, 0.15) is 29.8 Å². The van der Waals surface area contributed by atoms with Crippen LogP contribution < -0.4 is 0 Å². The molecule has 0 spiro atoms. The molecule has 1 aromatic heterocycles. The normalized spacial score (nSPS) is 12.9. The second kappa shape index (κ2) is 5.03. The van der Waals surface area contributed by atoms with Gasteiger partial charge in [0.15, 0.2) is 5.78 Å². The van der Waals surface area contributed by atoms with E-state index in [4.69, 9.17) is 4.74 Å². The number of nitrogens with zero attached hydrogens (tertiary/aromatic N) is 1. The van der Waals surface area contributed by atoms with Crippen molar-refractivity contribution in [2.75, 3.05) is 7.11 Å². The number of pyridine rings is 1. The summed E-state index contributed by atoms with van der Waals surface area (Å²) in [5.41, 5.74) is 1.61. The second-order valence-corrected chi connectivity index (χ2v) is 4.02. The molecule has 1 rings (SSSR count). The monoisotopic (exact) mass is 207 g/mol. The van der Waals surface area contributed by atoms with E-state index in [-0.39, 0.29) is 17.8 Å². The van der Waals surface area contributed by atoms with Crippen molar-refractivity contribution in [2.45, 2.75) is 26.9 Å². The van der Waals surface area contributed by atoms with Crippen LogP contribution in [0.15, 0.2) is 18.5 Å². The van der Waals surface area contributed by atoms with Crippen molar-refractivity contribution in [3.8, 4) is 0 Å². The van der Waals surface area contributed by atoms with Gasteiger partial charge in [-0.25, -0.2) is 0 Å². The van der Waals surface area contributed by atoms with E-state index in [0.717, 1.165) is 5.56 Å². The third kappa shape index (κ3) is 2.86. The van der Waals surface area contributed by atoms with Gasteiger partial charge in [-0.2, -0.15) is 0 Å². The molecule has 1 aromatic rings. The Morgan fingerprint density at radius 3 is 2.53 bits per heavy atom. The van der Waals surface area contributed by atoms with Crippen molar-refractivity contribution in [3.05, 3.63) is 29.6 Å². The van der Waals surface area contributed by atoms with Gasteiger partial charge in [-0.3, -0.25) is 9.78 Å². The molecule has 0 aliphatic rings. The number of hydrogen-bond acceptors (Lipinski definition) is 3. The number of ketones is 1. The molecule has 1 unspecified atom stereocenters.